The maximum Gasteiger partial charge on any atom is 0.354 e. The summed E-state index contributed by atoms with van der Waals surface area (Å²) in [6.07, 6.45) is 0. The summed E-state index contributed by atoms with van der Waals surface area (Å²) >= 11 is 12.0. The number of fused-ring (bicyclic) bond motifs is 1. The van der Waals surface area contributed by atoms with Crippen LogP contribution in [0.2, 0.25) is 10.0 Å². The van der Waals surface area contributed by atoms with Crippen LogP contribution >= 0.6 is 23.2 Å². The first kappa shape index (κ1) is 17.5. The minimum atomic E-state index is -1.16. The van der Waals surface area contributed by atoms with Gasteiger partial charge in [0.05, 0.1) is 21.4 Å². The minimum absolute atomic E-state index is 0.0607. The van der Waals surface area contributed by atoms with E-state index in [2.05, 4.69) is 10.1 Å². The highest BCUT2D eigenvalue weighted by Crippen LogP contribution is 2.29. The largest absolute Gasteiger partial charge is 0.477 e. The van der Waals surface area contributed by atoms with Crippen LogP contribution in [0.15, 0.2) is 54.6 Å². The molecule has 0 amide bonds. The van der Waals surface area contributed by atoms with Crippen LogP contribution < -0.4 is 0 Å². The van der Waals surface area contributed by atoms with Gasteiger partial charge in [-0.05, 0) is 42.5 Å². The molecule has 27 heavy (non-hydrogen) atoms. The number of carbonyl (C=O) groups is 1. The SMILES string of the molecule is O=C(O)c1cc(-c2ccc(Cl)c(Cl)c2)nc2cc(-c3ccc(F)cc3)nn12. The molecule has 4 rings (SSSR count). The van der Waals surface area contributed by atoms with Gasteiger partial charge < -0.3 is 5.11 Å². The van der Waals surface area contributed by atoms with Crippen LogP contribution in [0.4, 0.5) is 4.39 Å². The number of benzene rings is 2. The van der Waals surface area contributed by atoms with Crippen molar-refractivity contribution >= 4 is 34.8 Å². The third-order valence-electron chi connectivity index (χ3n) is 4.00. The second-order valence-electron chi connectivity index (χ2n) is 5.77. The number of aromatic nitrogens is 3. The first-order chi connectivity index (χ1) is 12.9. The normalized spacial score (nSPS) is 11.1. The molecule has 0 aliphatic carbocycles. The lowest BCUT2D eigenvalue weighted by molar-refractivity contribution is 0.0687. The standard InChI is InChI=1S/C19H10Cl2FN3O2/c20-13-6-3-11(7-14(13)21)15-8-17(19(26)27)25-18(23-15)9-16(24-25)10-1-4-12(22)5-2-10/h1-9H,(H,26,27). The summed E-state index contributed by atoms with van der Waals surface area (Å²) in [6.45, 7) is 0. The Morgan fingerprint density at radius 3 is 2.30 bits per heavy atom. The molecule has 0 aliphatic heterocycles. The molecule has 1 N–H and O–H groups in total. The van der Waals surface area contributed by atoms with Gasteiger partial charge in [0.25, 0.3) is 0 Å². The van der Waals surface area contributed by atoms with E-state index < -0.39 is 5.97 Å². The van der Waals surface area contributed by atoms with Gasteiger partial charge in [0.2, 0.25) is 0 Å². The fourth-order valence-electron chi connectivity index (χ4n) is 2.69. The first-order valence-corrected chi connectivity index (χ1v) is 8.53. The second-order valence-corrected chi connectivity index (χ2v) is 6.58. The van der Waals surface area contributed by atoms with Gasteiger partial charge in [0.15, 0.2) is 11.3 Å². The molecule has 0 aliphatic rings. The topological polar surface area (TPSA) is 67.5 Å². The lowest BCUT2D eigenvalue weighted by Gasteiger charge is -2.06. The average molecular weight is 402 g/mol. The molecule has 5 nitrogen and oxygen atoms in total. The van der Waals surface area contributed by atoms with Gasteiger partial charge in [-0.25, -0.2) is 18.7 Å². The zero-order valence-corrected chi connectivity index (χ0v) is 15.0. The highest BCUT2D eigenvalue weighted by Gasteiger charge is 2.17. The maximum atomic E-state index is 13.1. The molecule has 2 heterocycles. The predicted molar refractivity (Wildman–Crippen MR) is 101 cm³/mol. The van der Waals surface area contributed by atoms with E-state index in [4.69, 9.17) is 23.2 Å². The molecule has 0 atom stereocenters. The van der Waals surface area contributed by atoms with Crippen molar-refractivity contribution < 1.29 is 14.3 Å². The van der Waals surface area contributed by atoms with Crippen molar-refractivity contribution in [2.24, 2.45) is 0 Å². The van der Waals surface area contributed by atoms with Gasteiger partial charge in [-0.2, -0.15) is 5.10 Å². The summed E-state index contributed by atoms with van der Waals surface area (Å²) in [6, 6.07) is 13.7. The lowest BCUT2D eigenvalue weighted by atomic mass is 10.1. The monoisotopic (exact) mass is 401 g/mol. The molecule has 2 aromatic heterocycles. The molecule has 8 heteroatoms. The number of nitrogens with zero attached hydrogens (tertiary/aromatic N) is 3. The Morgan fingerprint density at radius 2 is 1.63 bits per heavy atom. The number of halogens is 3. The number of aromatic carboxylic acids is 1. The van der Waals surface area contributed by atoms with Crippen molar-refractivity contribution in [2.75, 3.05) is 0 Å². The molecule has 0 fully saturated rings. The fraction of sp³-hybridized carbons (Fsp3) is 0. The van der Waals surface area contributed by atoms with Crippen LogP contribution in [0.5, 0.6) is 0 Å². The Hall–Kier alpha value is -2.96. The zero-order valence-electron chi connectivity index (χ0n) is 13.5. The van der Waals surface area contributed by atoms with Crippen molar-refractivity contribution in [1.82, 2.24) is 14.6 Å². The van der Waals surface area contributed by atoms with Gasteiger partial charge in [0, 0.05) is 17.2 Å². The van der Waals surface area contributed by atoms with Crippen LogP contribution in [-0.2, 0) is 0 Å². The van der Waals surface area contributed by atoms with E-state index in [1.807, 2.05) is 0 Å². The Bertz CT molecular complexity index is 1190. The molecule has 0 saturated carbocycles. The van der Waals surface area contributed by atoms with Gasteiger partial charge >= 0.3 is 5.97 Å². The highest BCUT2D eigenvalue weighted by molar-refractivity contribution is 6.42. The number of carboxylic acids is 1. The third-order valence-corrected chi connectivity index (χ3v) is 4.74. The Labute approximate surface area is 162 Å². The molecule has 0 saturated heterocycles. The van der Waals surface area contributed by atoms with E-state index in [-0.39, 0.29) is 11.5 Å². The molecule has 0 bridgehead atoms. The molecule has 0 radical (unpaired) electrons. The van der Waals surface area contributed by atoms with E-state index in [0.717, 1.165) is 0 Å². The number of hydrogen-bond donors (Lipinski definition) is 1. The summed E-state index contributed by atoms with van der Waals surface area (Å²) in [5.74, 6) is -1.52. The van der Waals surface area contributed by atoms with Crippen molar-refractivity contribution in [3.05, 3.63) is 76.2 Å². The molecule has 2 aromatic carbocycles. The Morgan fingerprint density at radius 1 is 0.926 bits per heavy atom. The number of hydrogen-bond acceptors (Lipinski definition) is 3. The predicted octanol–water partition coefficient (Wildman–Crippen LogP) is 5.21. The van der Waals surface area contributed by atoms with Gasteiger partial charge in [-0.3, -0.25) is 0 Å². The van der Waals surface area contributed by atoms with Crippen LogP contribution in [0.25, 0.3) is 28.2 Å². The summed E-state index contributed by atoms with van der Waals surface area (Å²) < 4.78 is 14.4. The average Bonchev–Trinajstić information content (AvgIpc) is 3.07. The Balaban J connectivity index is 1.91. The van der Waals surface area contributed by atoms with Crippen molar-refractivity contribution in [1.29, 1.82) is 0 Å². The summed E-state index contributed by atoms with van der Waals surface area (Å²) in [5, 5.41) is 14.6. The summed E-state index contributed by atoms with van der Waals surface area (Å²) in [4.78, 5) is 16.2. The van der Waals surface area contributed by atoms with E-state index in [9.17, 15) is 14.3 Å². The van der Waals surface area contributed by atoms with E-state index in [0.29, 0.717) is 38.2 Å². The highest BCUT2D eigenvalue weighted by atomic mass is 35.5. The van der Waals surface area contributed by atoms with Crippen molar-refractivity contribution in [3.63, 3.8) is 0 Å². The van der Waals surface area contributed by atoms with Crippen LogP contribution in [0.3, 0.4) is 0 Å². The minimum Gasteiger partial charge on any atom is -0.477 e. The molecule has 134 valence electrons. The van der Waals surface area contributed by atoms with Crippen LogP contribution in [0.1, 0.15) is 10.5 Å². The molecule has 4 aromatic rings. The van der Waals surface area contributed by atoms with Crippen molar-refractivity contribution in [2.45, 2.75) is 0 Å². The molecular weight excluding hydrogens is 392 g/mol. The zero-order chi connectivity index (χ0) is 19.1. The summed E-state index contributed by atoms with van der Waals surface area (Å²) in [7, 11) is 0. The number of carboxylic acid groups (broad SMARTS) is 1. The van der Waals surface area contributed by atoms with Gasteiger partial charge in [-0.15, -0.1) is 0 Å². The quantitative estimate of drug-likeness (QED) is 0.511. The van der Waals surface area contributed by atoms with Crippen LogP contribution in [-0.4, -0.2) is 25.7 Å². The molecular formula is C19H10Cl2FN3O2. The Kier molecular flexibility index (Phi) is 4.30. The molecule has 0 spiro atoms. The first-order valence-electron chi connectivity index (χ1n) is 7.78. The third kappa shape index (κ3) is 3.25. The van der Waals surface area contributed by atoms with Gasteiger partial charge in [-0.1, -0.05) is 29.3 Å². The lowest BCUT2D eigenvalue weighted by Crippen LogP contribution is -2.08. The smallest absolute Gasteiger partial charge is 0.354 e. The number of rotatable bonds is 3. The fourth-order valence-corrected chi connectivity index (χ4v) is 2.99. The second kappa shape index (κ2) is 6.64. The van der Waals surface area contributed by atoms with E-state index in [1.54, 1.807) is 36.4 Å². The van der Waals surface area contributed by atoms with Crippen molar-refractivity contribution in [3.8, 4) is 22.5 Å². The summed E-state index contributed by atoms with van der Waals surface area (Å²) in [5.41, 5.74) is 2.46. The van der Waals surface area contributed by atoms with Crippen LogP contribution in [0, 0.1) is 5.82 Å². The van der Waals surface area contributed by atoms with Gasteiger partial charge in [0.1, 0.15) is 5.82 Å². The molecule has 0 unspecified atom stereocenters. The van der Waals surface area contributed by atoms with E-state index in [1.165, 1.54) is 22.7 Å². The maximum absolute atomic E-state index is 13.1. The van der Waals surface area contributed by atoms with E-state index >= 15 is 0 Å².